The van der Waals surface area contributed by atoms with E-state index in [1.165, 1.54) is 0 Å². The van der Waals surface area contributed by atoms with Crippen molar-refractivity contribution >= 4 is 11.6 Å². The Balaban J connectivity index is 2.69. The number of hydrogen-bond donors (Lipinski definition) is 3. The molecule has 0 aliphatic rings. The van der Waals surface area contributed by atoms with Crippen LogP contribution in [0.1, 0.15) is 38.9 Å². The Kier molecular flexibility index (Phi) is 7.91. The van der Waals surface area contributed by atoms with Crippen LogP contribution < -0.4 is 10.6 Å². The fourth-order valence-corrected chi connectivity index (χ4v) is 1.78. The van der Waals surface area contributed by atoms with Gasteiger partial charge in [0.2, 0.25) is 0 Å². The second-order valence-electron chi connectivity index (χ2n) is 4.74. The Morgan fingerprint density at radius 2 is 1.90 bits per heavy atom. The highest BCUT2D eigenvalue weighted by Gasteiger charge is 2.07. The van der Waals surface area contributed by atoms with E-state index in [0.717, 1.165) is 31.6 Å². The molecule has 0 fully saturated rings. The molecule has 0 aromatic carbocycles. The van der Waals surface area contributed by atoms with E-state index in [2.05, 4.69) is 34.4 Å². The zero-order chi connectivity index (χ0) is 14.8. The molecule has 0 saturated heterocycles. The first kappa shape index (κ1) is 16.7. The minimum atomic E-state index is -0.354. The van der Waals surface area contributed by atoms with E-state index < -0.39 is 0 Å². The number of hydrogen-bond acceptors (Lipinski definition) is 6. The predicted octanol–water partition coefficient (Wildman–Crippen LogP) is 2.02. The minimum Gasteiger partial charge on any atom is -0.391 e. The van der Waals surface area contributed by atoms with Crippen LogP contribution in [0.5, 0.6) is 0 Å². The van der Waals surface area contributed by atoms with Crippen LogP contribution >= 0.6 is 0 Å². The number of aliphatic hydroxyl groups is 1. The monoisotopic (exact) mass is 282 g/mol. The lowest BCUT2D eigenvalue weighted by Crippen LogP contribution is -2.20. The summed E-state index contributed by atoms with van der Waals surface area (Å²) in [4.78, 5) is 8.74. The van der Waals surface area contributed by atoms with Crippen LogP contribution in [0.4, 0.5) is 11.6 Å². The van der Waals surface area contributed by atoms with Crippen molar-refractivity contribution in [3.63, 3.8) is 0 Å². The number of nitrogens with zero attached hydrogens (tertiary/aromatic N) is 2. The van der Waals surface area contributed by atoms with Gasteiger partial charge in [-0.1, -0.05) is 20.3 Å². The van der Waals surface area contributed by atoms with Crippen LogP contribution in [0.25, 0.3) is 0 Å². The van der Waals surface area contributed by atoms with Gasteiger partial charge in [-0.2, -0.15) is 0 Å². The molecule has 1 heterocycles. The van der Waals surface area contributed by atoms with Crippen LogP contribution in [-0.2, 0) is 11.3 Å². The van der Waals surface area contributed by atoms with Crippen LogP contribution in [0.2, 0.25) is 0 Å². The fraction of sp³-hybridized carbons (Fsp3) is 0.714. The molecule has 0 bridgehead atoms. The molecule has 1 atom stereocenters. The largest absolute Gasteiger partial charge is 0.391 e. The van der Waals surface area contributed by atoms with Crippen molar-refractivity contribution in [3.8, 4) is 0 Å². The zero-order valence-corrected chi connectivity index (χ0v) is 12.6. The van der Waals surface area contributed by atoms with Crippen LogP contribution in [0, 0.1) is 0 Å². The lowest BCUT2D eigenvalue weighted by Gasteiger charge is -2.13. The molecule has 114 valence electrons. The standard InChI is InChI=1S/C14H26N4O2/c1-4-6-11(19)9-16-13-8-12(15-7-5-2)17-14(18-13)10-20-3/h8,11,19H,4-7,9-10H2,1-3H3,(H2,15,16,17,18). The quantitative estimate of drug-likeness (QED) is 0.609. The number of aromatic nitrogens is 2. The number of nitrogens with one attached hydrogen (secondary N) is 2. The maximum atomic E-state index is 9.75. The molecule has 6 heteroatoms. The molecule has 1 aromatic rings. The third-order valence-corrected chi connectivity index (χ3v) is 2.74. The van der Waals surface area contributed by atoms with E-state index in [9.17, 15) is 5.11 Å². The molecular weight excluding hydrogens is 256 g/mol. The van der Waals surface area contributed by atoms with Crippen LogP contribution in [-0.4, -0.2) is 41.4 Å². The van der Waals surface area contributed by atoms with E-state index in [1.807, 2.05) is 6.07 Å². The highest BCUT2D eigenvalue weighted by Crippen LogP contribution is 2.12. The molecule has 20 heavy (non-hydrogen) atoms. The topological polar surface area (TPSA) is 79.3 Å². The average molecular weight is 282 g/mol. The number of ether oxygens (including phenoxy) is 1. The first-order valence-electron chi connectivity index (χ1n) is 7.22. The lowest BCUT2D eigenvalue weighted by molar-refractivity contribution is 0.175. The Morgan fingerprint density at radius 1 is 1.20 bits per heavy atom. The second kappa shape index (κ2) is 9.50. The maximum absolute atomic E-state index is 9.75. The molecule has 0 radical (unpaired) electrons. The summed E-state index contributed by atoms with van der Waals surface area (Å²) in [7, 11) is 1.62. The van der Waals surface area contributed by atoms with Crippen LogP contribution in [0.3, 0.4) is 0 Å². The van der Waals surface area contributed by atoms with Gasteiger partial charge in [0.05, 0.1) is 6.10 Å². The third kappa shape index (κ3) is 6.16. The molecule has 1 rings (SSSR count). The van der Waals surface area contributed by atoms with E-state index in [4.69, 9.17) is 4.74 Å². The van der Waals surface area contributed by atoms with Crippen molar-refractivity contribution in [2.24, 2.45) is 0 Å². The van der Waals surface area contributed by atoms with Crippen molar-refractivity contribution in [2.75, 3.05) is 30.8 Å². The fourth-order valence-electron chi connectivity index (χ4n) is 1.78. The normalized spacial score (nSPS) is 12.2. The summed E-state index contributed by atoms with van der Waals surface area (Å²) in [6.45, 7) is 5.88. The highest BCUT2D eigenvalue weighted by molar-refractivity contribution is 5.47. The van der Waals surface area contributed by atoms with Gasteiger partial charge in [-0.15, -0.1) is 0 Å². The zero-order valence-electron chi connectivity index (χ0n) is 12.6. The Hall–Kier alpha value is -1.40. The number of aliphatic hydroxyl groups excluding tert-OH is 1. The Morgan fingerprint density at radius 3 is 2.50 bits per heavy atom. The molecule has 0 aliphatic carbocycles. The molecule has 1 aromatic heterocycles. The molecule has 0 amide bonds. The number of methoxy groups -OCH3 is 1. The minimum absolute atomic E-state index is 0.354. The molecule has 6 nitrogen and oxygen atoms in total. The Labute approximate surface area is 121 Å². The summed E-state index contributed by atoms with van der Waals surface area (Å²) in [6, 6.07) is 1.85. The summed E-state index contributed by atoms with van der Waals surface area (Å²) < 4.78 is 5.08. The van der Waals surface area contributed by atoms with Gasteiger partial charge in [0.15, 0.2) is 5.82 Å². The van der Waals surface area contributed by atoms with Crippen molar-refractivity contribution < 1.29 is 9.84 Å². The van der Waals surface area contributed by atoms with E-state index in [0.29, 0.717) is 24.8 Å². The second-order valence-corrected chi connectivity index (χ2v) is 4.74. The van der Waals surface area contributed by atoms with Crippen LogP contribution in [0.15, 0.2) is 6.07 Å². The van der Waals surface area contributed by atoms with Crippen molar-refractivity contribution in [1.82, 2.24) is 9.97 Å². The number of rotatable bonds is 10. The smallest absolute Gasteiger partial charge is 0.158 e. The van der Waals surface area contributed by atoms with Gasteiger partial charge in [-0.25, -0.2) is 9.97 Å². The summed E-state index contributed by atoms with van der Waals surface area (Å²) >= 11 is 0. The maximum Gasteiger partial charge on any atom is 0.158 e. The van der Waals surface area contributed by atoms with E-state index in [1.54, 1.807) is 7.11 Å². The van der Waals surface area contributed by atoms with E-state index in [-0.39, 0.29) is 6.10 Å². The first-order chi connectivity index (χ1) is 9.69. The lowest BCUT2D eigenvalue weighted by atomic mass is 10.2. The van der Waals surface area contributed by atoms with Crippen molar-refractivity contribution in [3.05, 3.63) is 11.9 Å². The predicted molar refractivity (Wildman–Crippen MR) is 80.9 cm³/mol. The molecule has 0 saturated carbocycles. The molecule has 1 unspecified atom stereocenters. The summed E-state index contributed by atoms with van der Waals surface area (Å²) in [5, 5.41) is 16.1. The van der Waals surface area contributed by atoms with Gasteiger partial charge in [-0.05, 0) is 12.8 Å². The van der Waals surface area contributed by atoms with Gasteiger partial charge in [0.1, 0.15) is 18.2 Å². The first-order valence-corrected chi connectivity index (χ1v) is 7.22. The van der Waals surface area contributed by atoms with Gasteiger partial charge >= 0.3 is 0 Å². The van der Waals surface area contributed by atoms with Crippen molar-refractivity contribution in [2.45, 2.75) is 45.8 Å². The summed E-state index contributed by atoms with van der Waals surface area (Å²) in [6.07, 6.45) is 2.42. The Bertz CT molecular complexity index is 387. The summed E-state index contributed by atoms with van der Waals surface area (Å²) in [5.41, 5.74) is 0. The molecule has 3 N–H and O–H groups in total. The number of anilines is 2. The highest BCUT2D eigenvalue weighted by atomic mass is 16.5. The third-order valence-electron chi connectivity index (χ3n) is 2.74. The van der Waals surface area contributed by atoms with Gasteiger partial charge in [0.25, 0.3) is 0 Å². The molecule has 0 spiro atoms. The SMILES string of the molecule is CCCNc1cc(NCC(O)CCC)nc(COC)n1. The average Bonchev–Trinajstić information content (AvgIpc) is 2.43. The van der Waals surface area contributed by atoms with Crippen molar-refractivity contribution in [1.29, 1.82) is 0 Å². The van der Waals surface area contributed by atoms with Gasteiger partial charge in [-0.3, -0.25) is 0 Å². The van der Waals surface area contributed by atoms with Gasteiger partial charge in [0, 0.05) is 26.3 Å². The molecular formula is C14H26N4O2. The molecule has 0 aliphatic heterocycles. The van der Waals surface area contributed by atoms with E-state index >= 15 is 0 Å². The van der Waals surface area contributed by atoms with Gasteiger partial charge < -0.3 is 20.5 Å². The summed E-state index contributed by atoms with van der Waals surface area (Å²) in [5.74, 6) is 2.11.